The normalized spacial score (nSPS) is 16.2. The predicted octanol–water partition coefficient (Wildman–Crippen LogP) is 3.29. The summed E-state index contributed by atoms with van der Waals surface area (Å²) < 4.78 is 5.22. The van der Waals surface area contributed by atoms with Crippen molar-refractivity contribution in [1.82, 2.24) is 10.3 Å². The Bertz CT molecular complexity index is 632. The van der Waals surface area contributed by atoms with Crippen molar-refractivity contribution in [2.75, 3.05) is 7.11 Å². The van der Waals surface area contributed by atoms with E-state index in [2.05, 4.69) is 10.3 Å². The molecule has 1 fully saturated rings. The number of carbonyl (C=O) groups excluding carboxylic acids is 1. The molecule has 22 heavy (non-hydrogen) atoms. The van der Waals surface area contributed by atoms with Crippen molar-refractivity contribution in [3.63, 3.8) is 0 Å². The molecule has 1 N–H and O–H groups in total. The van der Waals surface area contributed by atoms with Crippen molar-refractivity contribution < 1.29 is 9.53 Å². The smallest absolute Gasteiger partial charge is 0.253 e. The highest BCUT2D eigenvalue weighted by molar-refractivity contribution is 5.94. The Kier molecular flexibility index (Phi) is 4.09. The minimum atomic E-state index is -0.279. The Morgan fingerprint density at radius 1 is 1.18 bits per heavy atom. The number of hydrogen-bond acceptors (Lipinski definition) is 3. The van der Waals surface area contributed by atoms with E-state index in [4.69, 9.17) is 4.74 Å². The van der Waals surface area contributed by atoms with Crippen LogP contribution in [0.1, 0.15) is 41.6 Å². The van der Waals surface area contributed by atoms with Gasteiger partial charge >= 0.3 is 0 Å². The van der Waals surface area contributed by atoms with Crippen LogP contribution < -0.4 is 10.1 Å². The van der Waals surface area contributed by atoms with Crippen molar-refractivity contribution in [3.05, 3.63) is 59.9 Å². The van der Waals surface area contributed by atoms with Crippen LogP contribution in [0.25, 0.3) is 0 Å². The van der Waals surface area contributed by atoms with Crippen LogP contribution in [0.5, 0.6) is 5.75 Å². The first-order valence-electron chi connectivity index (χ1n) is 7.61. The van der Waals surface area contributed by atoms with E-state index in [-0.39, 0.29) is 11.4 Å². The van der Waals surface area contributed by atoms with Gasteiger partial charge in [0.05, 0.1) is 18.2 Å². The fraction of sp³-hybridized carbons (Fsp3) is 0.333. The Hall–Kier alpha value is -2.36. The Morgan fingerprint density at radius 2 is 1.91 bits per heavy atom. The van der Waals surface area contributed by atoms with Crippen molar-refractivity contribution >= 4 is 5.91 Å². The van der Waals surface area contributed by atoms with Crippen LogP contribution in [0.4, 0.5) is 0 Å². The second-order valence-electron chi connectivity index (χ2n) is 5.71. The predicted molar refractivity (Wildman–Crippen MR) is 84.8 cm³/mol. The zero-order chi connectivity index (χ0) is 15.4. The van der Waals surface area contributed by atoms with Crippen LogP contribution in [-0.4, -0.2) is 18.0 Å². The number of pyridine rings is 1. The van der Waals surface area contributed by atoms with Crippen LogP contribution in [0.2, 0.25) is 0 Å². The molecular formula is C18H20N2O2. The molecule has 4 heteroatoms. The first-order valence-corrected chi connectivity index (χ1v) is 7.61. The van der Waals surface area contributed by atoms with Gasteiger partial charge in [-0.3, -0.25) is 9.78 Å². The SMILES string of the molecule is COc1ccc(C2(NC(=O)c3cccnc3)CCCC2)cc1. The summed E-state index contributed by atoms with van der Waals surface area (Å²) in [4.78, 5) is 16.5. The van der Waals surface area contributed by atoms with Gasteiger partial charge in [0, 0.05) is 12.4 Å². The summed E-state index contributed by atoms with van der Waals surface area (Å²) in [6.07, 6.45) is 7.45. The molecular weight excluding hydrogens is 276 g/mol. The molecule has 1 amide bonds. The lowest BCUT2D eigenvalue weighted by Gasteiger charge is -2.31. The van der Waals surface area contributed by atoms with Crippen LogP contribution in [-0.2, 0) is 5.54 Å². The number of nitrogens with zero attached hydrogens (tertiary/aromatic N) is 1. The molecule has 1 aliphatic carbocycles. The van der Waals surface area contributed by atoms with Crippen LogP contribution in [0, 0.1) is 0 Å². The van der Waals surface area contributed by atoms with Crippen LogP contribution in [0.3, 0.4) is 0 Å². The first-order chi connectivity index (χ1) is 10.7. The van der Waals surface area contributed by atoms with E-state index in [9.17, 15) is 4.79 Å². The lowest BCUT2D eigenvalue weighted by Crippen LogP contribution is -2.43. The lowest BCUT2D eigenvalue weighted by atomic mass is 9.87. The number of hydrogen-bond donors (Lipinski definition) is 1. The largest absolute Gasteiger partial charge is 0.497 e. The van der Waals surface area contributed by atoms with E-state index in [1.807, 2.05) is 24.3 Å². The maximum atomic E-state index is 12.5. The van der Waals surface area contributed by atoms with Crippen molar-refractivity contribution in [3.8, 4) is 5.75 Å². The van der Waals surface area contributed by atoms with Crippen molar-refractivity contribution in [1.29, 1.82) is 0 Å². The molecule has 0 saturated heterocycles. The third kappa shape index (κ3) is 2.82. The average Bonchev–Trinajstić information content (AvgIpc) is 3.05. The zero-order valence-corrected chi connectivity index (χ0v) is 12.7. The molecule has 1 aromatic heterocycles. The van der Waals surface area contributed by atoms with Crippen LogP contribution in [0.15, 0.2) is 48.8 Å². The minimum absolute atomic E-state index is 0.0641. The number of carbonyl (C=O) groups is 1. The van der Waals surface area contributed by atoms with E-state index in [1.54, 1.807) is 31.6 Å². The topological polar surface area (TPSA) is 51.2 Å². The molecule has 0 bridgehead atoms. The standard InChI is InChI=1S/C18H20N2O2/c1-22-16-8-6-15(7-9-16)18(10-2-3-11-18)20-17(21)14-5-4-12-19-13-14/h4-9,12-13H,2-3,10-11H2,1H3,(H,20,21). The molecule has 0 spiro atoms. The highest BCUT2D eigenvalue weighted by Gasteiger charge is 2.37. The van der Waals surface area contributed by atoms with E-state index < -0.39 is 0 Å². The summed E-state index contributed by atoms with van der Waals surface area (Å²) in [5, 5.41) is 3.24. The number of methoxy groups -OCH3 is 1. The molecule has 1 aromatic carbocycles. The summed E-state index contributed by atoms with van der Waals surface area (Å²) >= 11 is 0. The molecule has 1 heterocycles. The molecule has 4 nitrogen and oxygen atoms in total. The van der Waals surface area contributed by atoms with E-state index in [0.717, 1.165) is 37.0 Å². The Labute approximate surface area is 130 Å². The molecule has 1 aliphatic rings. The van der Waals surface area contributed by atoms with Gasteiger partial charge < -0.3 is 10.1 Å². The van der Waals surface area contributed by atoms with Gasteiger partial charge in [-0.2, -0.15) is 0 Å². The molecule has 0 unspecified atom stereocenters. The minimum Gasteiger partial charge on any atom is -0.497 e. The first kappa shape index (κ1) is 14.6. The van der Waals surface area contributed by atoms with E-state index >= 15 is 0 Å². The second kappa shape index (κ2) is 6.18. The van der Waals surface area contributed by atoms with Gasteiger partial charge in [0.15, 0.2) is 0 Å². The molecule has 1 saturated carbocycles. The molecule has 3 rings (SSSR count). The molecule has 0 radical (unpaired) electrons. The number of rotatable bonds is 4. The average molecular weight is 296 g/mol. The third-order valence-corrected chi connectivity index (χ3v) is 4.38. The summed E-state index contributed by atoms with van der Waals surface area (Å²) in [7, 11) is 1.66. The van der Waals surface area contributed by atoms with E-state index in [0.29, 0.717) is 5.56 Å². The number of benzene rings is 1. The maximum absolute atomic E-state index is 12.5. The van der Waals surface area contributed by atoms with E-state index in [1.165, 1.54) is 0 Å². The van der Waals surface area contributed by atoms with Gasteiger partial charge in [-0.15, -0.1) is 0 Å². The fourth-order valence-corrected chi connectivity index (χ4v) is 3.16. The molecule has 114 valence electrons. The van der Waals surface area contributed by atoms with Gasteiger partial charge in [-0.05, 0) is 42.7 Å². The zero-order valence-electron chi connectivity index (χ0n) is 12.7. The summed E-state index contributed by atoms with van der Waals surface area (Å²) in [5.41, 5.74) is 1.46. The van der Waals surface area contributed by atoms with Gasteiger partial charge in [0.25, 0.3) is 5.91 Å². The quantitative estimate of drug-likeness (QED) is 0.942. The molecule has 0 aliphatic heterocycles. The van der Waals surface area contributed by atoms with Gasteiger partial charge in [0.2, 0.25) is 0 Å². The number of amides is 1. The van der Waals surface area contributed by atoms with Crippen molar-refractivity contribution in [2.45, 2.75) is 31.2 Å². The number of nitrogens with one attached hydrogen (secondary N) is 1. The second-order valence-corrected chi connectivity index (χ2v) is 5.71. The maximum Gasteiger partial charge on any atom is 0.253 e. The summed E-state index contributed by atoms with van der Waals surface area (Å²) in [5.74, 6) is 0.765. The fourth-order valence-electron chi connectivity index (χ4n) is 3.16. The third-order valence-electron chi connectivity index (χ3n) is 4.38. The van der Waals surface area contributed by atoms with Gasteiger partial charge in [-0.25, -0.2) is 0 Å². The number of ether oxygens (including phenoxy) is 1. The Morgan fingerprint density at radius 3 is 2.50 bits per heavy atom. The van der Waals surface area contributed by atoms with Gasteiger partial charge in [-0.1, -0.05) is 25.0 Å². The highest BCUT2D eigenvalue weighted by atomic mass is 16.5. The lowest BCUT2D eigenvalue weighted by molar-refractivity contribution is 0.0898. The molecule has 0 atom stereocenters. The summed E-state index contributed by atoms with van der Waals surface area (Å²) in [6, 6.07) is 11.6. The van der Waals surface area contributed by atoms with Crippen molar-refractivity contribution in [2.24, 2.45) is 0 Å². The Balaban J connectivity index is 1.86. The van der Waals surface area contributed by atoms with Gasteiger partial charge in [0.1, 0.15) is 5.75 Å². The molecule has 2 aromatic rings. The monoisotopic (exact) mass is 296 g/mol. The highest BCUT2D eigenvalue weighted by Crippen LogP contribution is 2.39. The summed E-state index contributed by atoms with van der Waals surface area (Å²) in [6.45, 7) is 0. The van der Waals surface area contributed by atoms with Crippen LogP contribution >= 0.6 is 0 Å². The number of aromatic nitrogens is 1.